The molecule has 0 aromatic heterocycles. The molecule has 0 radical (unpaired) electrons. The van der Waals surface area contributed by atoms with Gasteiger partial charge in [0.1, 0.15) is 0 Å². The molecular formula is C16H22N2O3S. The van der Waals surface area contributed by atoms with Gasteiger partial charge in [-0.2, -0.15) is 0 Å². The van der Waals surface area contributed by atoms with Crippen LogP contribution in [0, 0.1) is 5.92 Å². The first-order valence-electron chi connectivity index (χ1n) is 7.51. The molecule has 2 rings (SSSR count). The maximum Gasteiger partial charge on any atom is 0.238 e. The molecule has 0 aliphatic carbocycles. The number of hydrogen-bond acceptors (Lipinski definition) is 4. The molecule has 0 saturated carbocycles. The molecule has 120 valence electrons. The number of amides is 1. The second-order valence-corrected chi connectivity index (χ2v) is 7.20. The second kappa shape index (κ2) is 8.10. The van der Waals surface area contributed by atoms with Crippen molar-refractivity contribution in [3.05, 3.63) is 48.0 Å². The van der Waals surface area contributed by atoms with Gasteiger partial charge in [0.15, 0.2) is 0 Å². The minimum Gasteiger partial charge on any atom is -0.317 e. The lowest BCUT2D eigenvalue weighted by Crippen LogP contribution is -2.41. The third-order valence-electron chi connectivity index (χ3n) is 3.64. The van der Waals surface area contributed by atoms with Gasteiger partial charge >= 0.3 is 0 Å². The van der Waals surface area contributed by atoms with Crippen LogP contribution in [0.2, 0.25) is 0 Å². The number of allylic oxidation sites excluding steroid dienone is 1. The number of piperidine rings is 1. The van der Waals surface area contributed by atoms with Gasteiger partial charge in [-0.25, -0.2) is 8.42 Å². The Kier molecular flexibility index (Phi) is 6.15. The summed E-state index contributed by atoms with van der Waals surface area (Å²) in [7, 11) is -3.59. The Labute approximate surface area is 131 Å². The molecule has 1 aromatic rings. The lowest BCUT2D eigenvalue weighted by atomic mass is 9.98. The summed E-state index contributed by atoms with van der Waals surface area (Å²) in [6.45, 7) is 1.52. The van der Waals surface area contributed by atoms with E-state index in [0.29, 0.717) is 19.3 Å². The van der Waals surface area contributed by atoms with E-state index < -0.39 is 10.0 Å². The lowest BCUT2D eigenvalue weighted by molar-refractivity contribution is -0.123. The highest BCUT2D eigenvalue weighted by Crippen LogP contribution is 2.11. The standard InChI is InChI=1S/C16H22N2O3S/c19-16(15-9-11-17-12-10-15)18-22(20,21)13-5-4-8-14-6-2-1-3-7-14/h1-7,15,17H,8-13H2,(H,18,19). The Morgan fingerprint density at radius 2 is 1.86 bits per heavy atom. The van der Waals surface area contributed by atoms with Gasteiger partial charge in [-0.05, 0) is 37.9 Å². The Balaban J connectivity index is 1.79. The summed E-state index contributed by atoms with van der Waals surface area (Å²) >= 11 is 0. The third kappa shape index (κ3) is 5.61. The topological polar surface area (TPSA) is 75.3 Å². The first-order chi connectivity index (χ1) is 10.6. The summed E-state index contributed by atoms with van der Waals surface area (Å²) in [6, 6.07) is 9.79. The summed E-state index contributed by atoms with van der Waals surface area (Å²) in [5.74, 6) is -0.751. The average Bonchev–Trinajstić information content (AvgIpc) is 2.53. The van der Waals surface area contributed by atoms with Crippen LogP contribution in [-0.2, 0) is 21.2 Å². The molecular weight excluding hydrogens is 300 g/mol. The normalized spacial score (nSPS) is 16.7. The van der Waals surface area contributed by atoms with E-state index in [9.17, 15) is 13.2 Å². The van der Waals surface area contributed by atoms with Crippen molar-refractivity contribution in [3.63, 3.8) is 0 Å². The fourth-order valence-electron chi connectivity index (χ4n) is 2.39. The van der Waals surface area contributed by atoms with Crippen molar-refractivity contribution in [2.45, 2.75) is 19.3 Å². The first kappa shape index (κ1) is 16.7. The number of rotatable bonds is 6. The van der Waals surface area contributed by atoms with Gasteiger partial charge in [-0.3, -0.25) is 9.52 Å². The summed E-state index contributed by atoms with van der Waals surface area (Å²) in [4.78, 5) is 11.9. The smallest absolute Gasteiger partial charge is 0.238 e. The van der Waals surface area contributed by atoms with Crippen LogP contribution >= 0.6 is 0 Å². The molecule has 1 saturated heterocycles. The van der Waals surface area contributed by atoms with E-state index in [0.717, 1.165) is 18.7 Å². The molecule has 1 heterocycles. The number of carbonyl (C=O) groups is 1. The van der Waals surface area contributed by atoms with Crippen LogP contribution in [0.5, 0.6) is 0 Å². The molecule has 2 N–H and O–H groups in total. The number of carbonyl (C=O) groups excluding carboxylic acids is 1. The summed E-state index contributed by atoms with van der Waals surface area (Å²) in [6.07, 6.45) is 5.45. The van der Waals surface area contributed by atoms with E-state index in [1.807, 2.05) is 36.4 Å². The van der Waals surface area contributed by atoms with Crippen LogP contribution in [0.4, 0.5) is 0 Å². The summed E-state index contributed by atoms with van der Waals surface area (Å²) in [5.41, 5.74) is 1.12. The second-order valence-electron chi connectivity index (χ2n) is 5.43. The van der Waals surface area contributed by atoms with E-state index >= 15 is 0 Å². The van der Waals surface area contributed by atoms with E-state index in [4.69, 9.17) is 0 Å². The molecule has 0 bridgehead atoms. The van der Waals surface area contributed by atoms with E-state index in [2.05, 4.69) is 10.0 Å². The zero-order valence-corrected chi connectivity index (χ0v) is 13.3. The SMILES string of the molecule is O=C(NS(=O)(=O)CC=CCc1ccccc1)C1CCNCC1. The van der Waals surface area contributed by atoms with Crippen LogP contribution in [0.15, 0.2) is 42.5 Å². The van der Waals surface area contributed by atoms with Crippen molar-refractivity contribution in [1.29, 1.82) is 0 Å². The molecule has 1 aliphatic rings. The number of hydrogen-bond donors (Lipinski definition) is 2. The highest BCUT2D eigenvalue weighted by molar-refractivity contribution is 7.90. The summed E-state index contributed by atoms with van der Waals surface area (Å²) < 4.78 is 26.0. The fraction of sp³-hybridized carbons (Fsp3) is 0.438. The van der Waals surface area contributed by atoms with E-state index in [1.54, 1.807) is 6.08 Å². The largest absolute Gasteiger partial charge is 0.317 e. The molecule has 22 heavy (non-hydrogen) atoms. The van der Waals surface area contributed by atoms with Crippen LogP contribution in [0.1, 0.15) is 18.4 Å². The zero-order chi connectivity index (χ0) is 15.8. The molecule has 0 atom stereocenters. The minimum absolute atomic E-state index is 0.170. The molecule has 1 aromatic carbocycles. The monoisotopic (exact) mass is 322 g/mol. The van der Waals surface area contributed by atoms with Gasteiger partial charge in [-0.15, -0.1) is 0 Å². The van der Waals surface area contributed by atoms with Gasteiger partial charge < -0.3 is 5.32 Å². The minimum atomic E-state index is -3.59. The number of nitrogens with one attached hydrogen (secondary N) is 2. The van der Waals surface area contributed by atoms with Crippen LogP contribution < -0.4 is 10.0 Å². The van der Waals surface area contributed by atoms with Crippen molar-refractivity contribution < 1.29 is 13.2 Å². The van der Waals surface area contributed by atoms with Gasteiger partial charge in [0.25, 0.3) is 0 Å². The number of sulfonamides is 1. The van der Waals surface area contributed by atoms with Crippen molar-refractivity contribution >= 4 is 15.9 Å². The average molecular weight is 322 g/mol. The molecule has 0 unspecified atom stereocenters. The first-order valence-corrected chi connectivity index (χ1v) is 9.16. The Hall–Kier alpha value is -1.66. The molecule has 1 aliphatic heterocycles. The quantitative estimate of drug-likeness (QED) is 0.773. The van der Waals surface area contributed by atoms with E-state index in [1.165, 1.54) is 0 Å². The molecule has 1 amide bonds. The summed E-state index contributed by atoms with van der Waals surface area (Å²) in [5, 5.41) is 3.15. The Morgan fingerprint density at radius 3 is 2.55 bits per heavy atom. The van der Waals surface area contributed by atoms with Crippen LogP contribution in [0.25, 0.3) is 0 Å². The fourth-order valence-corrected chi connectivity index (χ4v) is 3.34. The van der Waals surface area contributed by atoms with Crippen molar-refractivity contribution in [2.24, 2.45) is 5.92 Å². The van der Waals surface area contributed by atoms with Crippen LogP contribution in [-0.4, -0.2) is 33.2 Å². The van der Waals surface area contributed by atoms with Crippen LogP contribution in [0.3, 0.4) is 0 Å². The maximum atomic E-state index is 11.9. The van der Waals surface area contributed by atoms with Crippen molar-refractivity contribution in [2.75, 3.05) is 18.8 Å². The third-order valence-corrected chi connectivity index (χ3v) is 4.79. The maximum absolute atomic E-state index is 11.9. The Bertz CT molecular complexity index is 606. The highest BCUT2D eigenvalue weighted by Gasteiger charge is 2.24. The zero-order valence-electron chi connectivity index (χ0n) is 12.5. The van der Waals surface area contributed by atoms with E-state index in [-0.39, 0.29) is 17.6 Å². The highest BCUT2D eigenvalue weighted by atomic mass is 32.2. The molecule has 1 fully saturated rings. The molecule has 6 heteroatoms. The molecule has 5 nitrogen and oxygen atoms in total. The van der Waals surface area contributed by atoms with Gasteiger partial charge in [0.2, 0.25) is 15.9 Å². The Morgan fingerprint density at radius 1 is 1.18 bits per heavy atom. The molecule has 0 spiro atoms. The van der Waals surface area contributed by atoms with Gasteiger partial charge in [0, 0.05) is 5.92 Å². The predicted molar refractivity (Wildman–Crippen MR) is 86.8 cm³/mol. The van der Waals surface area contributed by atoms with Gasteiger partial charge in [-0.1, -0.05) is 42.5 Å². The van der Waals surface area contributed by atoms with Crippen molar-refractivity contribution in [3.8, 4) is 0 Å². The number of benzene rings is 1. The predicted octanol–water partition coefficient (Wildman–Crippen LogP) is 1.23. The van der Waals surface area contributed by atoms with Gasteiger partial charge in [0.05, 0.1) is 5.75 Å². The lowest BCUT2D eigenvalue weighted by Gasteiger charge is -2.21. The van der Waals surface area contributed by atoms with Crippen molar-refractivity contribution in [1.82, 2.24) is 10.0 Å².